The van der Waals surface area contributed by atoms with Crippen molar-refractivity contribution in [1.29, 1.82) is 0 Å². The van der Waals surface area contributed by atoms with Gasteiger partial charge in [-0.2, -0.15) is 57.1 Å². The van der Waals surface area contributed by atoms with E-state index in [-0.39, 0.29) is 12.8 Å². The van der Waals surface area contributed by atoms with Crippen molar-refractivity contribution >= 4 is 0 Å². The predicted octanol–water partition coefficient (Wildman–Crippen LogP) is 6.31. The number of rotatable bonds is 8. The van der Waals surface area contributed by atoms with E-state index in [2.05, 4.69) is 0 Å². The molecule has 0 aromatic rings. The molecule has 146 valence electrons. The minimum atomic E-state index is -7.81. The Bertz CT molecular complexity index is 420. The van der Waals surface area contributed by atoms with Crippen LogP contribution in [0.15, 0.2) is 0 Å². The fourth-order valence-corrected chi connectivity index (χ4v) is 1.56. The summed E-state index contributed by atoms with van der Waals surface area (Å²) in [6.45, 7) is 1.38. The van der Waals surface area contributed by atoms with Crippen molar-refractivity contribution in [3.05, 3.63) is 0 Å². The number of unbranched alkanes of at least 4 members (excludes halogenated alkanes) is 2. The Labute approximate surface area is 127 Å². The average Bonchev–Trinajstić information content (AvgIpc) is 2.36. The Kier molecular flexibility index (Phi) is 6.19. The third-order valence-corrected chi connectivity index (χ3v) is 3.09. The molecule has 0 fully saturated rings. The van der Waals surface area contributed by atoms with Gasteiger partial charge in [0.25, 0.3) is 0 Å². The largest absolute Gasteiger partial charge is 0.460 e. The van der Waals surface area contributed by atoms with E-state index >= 15 is 0 Å². The fourth-order valence-electron chi connectivity index (χ4n) is 1.56. The quantitative estimate of drug-likeness (QED) is 0.337. The smallest absolute Gasteiger partial charge is 0.200 e. The number of halogens is 13. The average molecular weight is 390 g/mol. The Hall–Kier alpha value is -0.910. The third kappa shape index (κ3) is 3.39. The van der Waals surface area contributed by atoms with Gasteiger partial charge in [0.15, 0.2) is 0 Å². The number of alkyl halides is 13. The maximum atomic E-state index is 13.1. The van der Waals surface area contributed by atoms with Gasteiger partial charge in [0.1, 0.15) is 0 Å². The van der Waals surface area contributed by atoms with Gasteiger partial charge in [-0.25, -0.2) is 0 Å². The van der Waals surface area contributed by atoms with Gasteiger partial charge in [0.2, 0.25) is 0 Å². The van der Waals surface area contributed by atoms with Crippen molar-refractivity contribution in [3.8, 4) is 0 Å². The Morgan fingerprint density at radius 2 is 0.875 bits per heavy atom. The summed E-state index contributed by atoms with van der Waals surface area (Å²) >= 11 is 0. The normalized spacial score (nSPS) is 15.8. The first-order chi connectivity index (χ1) is 10.3. The second-order valence-electron chi connectivity index (χ2n) is 4.96. The first kappa shape index (κ1) is 23.1. The van der Waals surface area contributed by atoms with Crippen LogP contribution in [0, 0.1) is 0 Å². The molecule has 0 saturated heterocycles. The highest BCUT2D eigenvalue weighted by Crippen LogP contribution is 2.60. The van der Waals surface area contributed by atoms with E-state index in [1.54, 1.807) is 0 Å². The molecule has 0 bridgehead atoms. The lowest BCUT2D eigenvalue weighted by Crippen LogP contribution is -2.70. The van der Waals surface area contributed by atoms with E-state index in [1.807, 2.05) is 0 Å². The van der Waals surface area contributed by atoms with Gasteiger partial charge >= 0.3 is 35.8 Å². The molecule has 0 aromatic heterocycles. The van der Waals surface area contributed by atoms with E-state index in [0.29, 0.717) is 0 Å². The molecule has 0 heterocycles. The summed E-state index contributed by atoms with van der Waals surface area (Å²) in [5, 5.41) is 0. The molecule has 0 aromatic carbocycles. The highest BCUT2D eigenvalue weighted by molar-refractivity contribution is 5.10. The zero-order valence-corrected chi connectivity index (χ0v) is 11.7. The van der Waals surface area contributed by atoms with E-state index in [4.69, 9.17) is 0 Å². The van der Waals surface area contributed by atoms with Crippen LogP contribution in [0.2, 0.25) is 0 Å². The van der Waals surface area contributed by atoms with Gasteiger partial charge in [-0.1, -0.05) is 19.8 Å². The standard InChI is InChI=1S/C11H11F13/c1-2-3-4-5-6(12,13)7(14,15)8(16,17)9(18,19)10(20,21)11(22,23)24/h2-5H2,1H3. The summed E-state index contributed by atoms with van der Waals surface area (Å²) in [6.07, 6.45) is -10.4. The lowest BCUT2D eigenvalue weighted by atomic mass is 9.91. The van der Waals surface area contributed by atoms with Gasteiger partial charge in [-0.3, -0.25) is 0 Å². The molecular formula is C11H11F13. The molecule has 0 aliphatic heterocycles. The summed E-state index contributed by atoms with van der Waals surface area (Å²) in [7, 11) is 0. The molecule has 24 heavy (non-hydrogen) atoms. The molecule has 0 N–H and O–H groups in total. The third-order valence-electron chi connectivity index (χ3n) is 3.09. The molecule has 0 nitrogen and oxygen atoms in total. The van der Waals surface area contributed by atoms with Crippen LogP contribution in [0.1, 0.15) is 32.6 Å². The fraction of sp³-hybridized carbons (Fsp3) is 1.00. The van der Waals surface area contributed by atoms with Crippen molar-refractivity contribution in [2.75, 3.05) is 0 Å². The lowest BCUT2D eigenvalue weighted by Gasteiger charge is -2.39. The first-order valence-electron chi connectivity index (χ1n) is 6.27. The van der Waals surface area contributed by atoms with Gasteiger partial charge < -0.3 is 0 Å². The number of hydrogen-bond acceptors (Lipinski definition) is 0. The maximum Gasteiger partial charge on any atom is 0.460 e. The Morgan fingerprint density at radius 3 is 1.21 bits per heavy atom. The molecule has 0 radical (unpaired) electrons. The van der Waals surface area contributed by atoms with Crippen LogP contribution in [0.4, 0.5) is 57.1 Å². The van der Waals surface area contributed by atoms with Crippen LogP contribution >= 0.6 is 0 Å². The Morgan fingerprint density at radius 1 is 0.500 bits per heavy atom. The van der Waals surface area contributed by atoms with E-state index < -0.39 is 48.6 Å². The topological polar surface area (TPSA) is 0 Å². The molecule has 0 unspecified atom stereocenters. The molecule has 0 saturated carbocycles. The molecule has 0 spiro atoms. The molecule has 0 rings (SSSR count). The molecule has 13 heteroatoms. The number of hydrogen-bond donors (Lipinski definition) is 0. The van der Waals surface area contributed by atoms with Crippen molar-refractivity contribution < 1.29 is 57.1 Å². The summed E-state index contributed by atoms with van der Waals surface area (Å²) < 4.78 is 165. The van der Waals surface area contributed by atoms with Crippen LogP contribution in [0.25, 0.3) is 0 Å². The van der Waals surface area contributed by atoms with Gasteiger partial charge in [0, 0.05) is 6.42 Å². The molecule has 0 amide bonds. The van der Waals surface area contributed by atoms with Crippen LogP contribution in [0.3, 0.4) is 0 Å². The summed E-state index contributed by atoms with van der Waals surface area (Å²) in [5.41, 5.74) is 0. The minimum absolute atomic E-state index is 0.125. The minimum Gasteiger partial charge on any atom is -0.200 e. The second-order valence-corrected chi connectivity index (χ2v) is 4.96. The molecular weight excluding hydrogens is 379 g/mol. The van der Waals surface area contributed by atoms with Gasteiger partial charge in [-0.05, 0) is 6.42 Å². The second kappa shape index (κ2) is 6.43. The van der Waals surface area contributed by atoms with Crippen LogP contribution in [0.5, 0.6) is 0 Å². The van der Waals surface area contributed by atoms with Crippen LogP contribution < -0.4 is 0 Å². The Balaban J connectivity index is 5.92. The van der Waals surface area contributed by atoms with E-state index in [9.17, 15) is 57.1 Å². The summed E-state index contributed by atoms with van der Waals surface area (Å²) in [6, 6.07) is 0. The zero-order valence-electron chi connectivity index (χ0n) is 11.7. The first-order valence-corrected chi connectivity index (χ1v) is 6.27. The lowest BCUT2D eigenvalue weighted by molar-refractivity contribution is -0.440. The summed E-state index contributed by atoms with van der Waals surface area (Å²) in [4.78, 5) is 0. The maximum absolute atomic E-state index is 13.1. The van der Waals surface area contributed by atoms with E-state index in [0.717, 1.165) is 0 Å². The monoisotopic (exact) mass is 390 g/mol. The van der Waals surface area contributed by atoms with Gasteiger partial charge in [-0.15, -0.1) is 0 Å². The zero-order chi connectivity index (χ0) is 19.8. The SMILES string of the molecule is CCCCCC(F)(F)C(F)(F)C(F)(F)C(F)(F)C(F)(F)C(F)(F)F. The highest BCUT2D eigenvalue weighted by atomic mass is 19.4. The van der Waals surface area contributed by atoms with Crippen molar-refractivity contribution in [1.82, 2.24) is 0 Å². The molecule has 0 atom stereocenters. The highest BCUT2D eigenvalue weighted by Gasteiger charge is 2.90. The van der Waals surface area contributed by atoms with Crippen molar-refractivity contribution in [3.63, 3.8) is 0 Å². The van der Waals surface area contributed by atoms with Crippen molar-refractivity contribution in [2.45, 2.75) is 68.4 Å². The van der Waals surface area contributed by atoms with Crippen molar-refractivity contribution in [2.24, 2.45) is 0 Å². The van der Waals surface area contributed by atoms with Gasteiger partial charge in [0.05, 0.1) is 0 Å². The van der Waals surface area contributed by atoms with Crippen LogP contribution in [-0.4, -0.2) is 35.8 Å². The molecule has 0 aliphatic rings. The summed E-state index contributed by atoms with van der Waals surface area (Å²) in [5.74, 6) is -36.2. The predicted molar refractivity (Wildman–Crippen MR) is 54.9 cm³/mol. The molecule has 0 aliphatic carbocycles. The van der Waals surface area contributed by atoms with E-state index in [1.165, 1.54) is 6.92 Å². The van der Waals surface area contributed by atoms with Crippen LogP contribution in [-0.2, 0) is 0 Å².